The molecule has 2 amide bonds. The molecule has 0 aliphatic rings. The molecular weight excluding hydrogens is 211 g/mol. The predicted molar refractivity (Wildman–Crippen MR) is 77.2 cm³/mol. The topological polar surface area (TPSA) is 41.1 Å². The zero-order valence-corrected chi connectivity index (χ0v) is 12.1. The summed E-state index contributed by atoms with van der Waals surface area (Å²) in [5.74, 6) is 0. The van der Waals surface area contributed by atoms with Crippen molar-refractivity contribution in [3.8, 4) is 0 Å². The number of carbonyl (C=O) groups excluding carboxylic acids is 1. The largest absolute Gasteiger partial charge is 0.341 e. The lowest BCUT2D eigenvalue weighted by atomic mass is 9.75. The summed E-state index contributed by atoms with van der Waals surface area (Å²) in [4.78, 5) is 11.2. The quantitative estimate of drug-likeness (QED) is 0.471. The van der Waals surface area contributed by atoms with Crippen LogP contribution in [0.4, 0.5) is 4.79 Å². The van der Waals surface area contributed by atoms with Crippen molar-refractivity contribution in [1.29, 1.82) is 0 Å². The third kappa shape index (κ3) is 10.2. The monoisotopic (exact) mass is 240 g/mol. The Kier molecular flexibility index (Phi) is 9.01. The predicted octanol–water partition coefficient (Wildman–Crippen LogP) is 2.41. The molecule has 3 nitrogen and oxygen atoms in total. The number of urea groups is 1. The second-order valence-electron chi connectivity index (χ2n) is 5.46. The van der Waals surface area contributed by atoms with Crippen molar-refractivity contribution in [2.45, 2.75) is 70.7 Å². The molecule has 0 aromatic rings. The lowest BCUT2D eigenvalue weighted by Gasteiger charge is -2.26. The first-order valence-corrected chi connectivity index (χ1v) is 7.01. The normalized spacial score (nSPS) is 14.1. The molecule has 0 aromatic heterocycles. The van der Waals surface area contributed by atoms with E-state index in [4.69, 9.17) is 0 Å². The van der Waals surface area contributed by atoms with Crippen molar-refractivity contribution in [3.05, 3.63) is 0 Å². The molecule has 1 atom stereocenters. The lowest BCUT2D eigenvalue weighted by Crippen LogP contribution is -2.49. The van der Waals surface area contributed by atoms with Gasteiger partial charge in [-0.2, -0.15) is 0 Å². The zero-order valence-electron chi connectivity index (χ0n) is 12.1. The Hall–Kier alpha value is -0.665. The number of hydrogen-bond acceptors (Lipinski definition) is 1. The Bertz CT molecular complexity index is 208. The highest BCUT2D eigenvalue weighted by molar-refractivity contribution is 6.16. The third-order valence-corrected chi connectivity index (χ3v) is 3.08. The molecule has 0 bridgehead atoms. The Labute approximate surface area is 108 Å². The SMILES string of the molecule is BC(C)(CCCCCCCCC)NC(=O)NC. The van der Waals surface area contributed by atoms with Crippen molar-refractivity contribution < 1.29 is 4.79 Å². The molecule has 17 heavy (non-hydrogen) atoms. The minimum Gasteiger partial charge on any atom is -0.341 e. The highest BCUT2D eigenvalue weighted by Crippen LogP contribution is 2.13. The molecule has 0 fully saturated rings. The highest BCUT2D eigenvalue weighted by Gasteiger charge is 2.18. The third-order valence-electron chi connectivity index (χ3n) is 3.08. The Morgan fingerprint density at radius 2 is 1.65 bits per heavy atom. The molecule has 2 N–H and O–H groups in total. The van der Waals surface area contributed by atoms with Crippen LogP contribution in [0.15, 0.2) is 0 Å². The van der Waals surface area contributed by atoms with Gasteiger partial charge in [0.25, 0.3) is 0 Å². The molecule has 1 unspecified atom stereocenters. The van der Waals surface area contributed by atoms with Gasteiger partial charge in [-0.15, -0.1) is 0 Å². The summed E-state index contributed by atoms with van der Waals surface area (Å²) in [6.07, 6.45) is 10.3. The molecule has 0 heterocycles. The second-order valence-corrected chi connectivity index (χ2v) is 5.46. The molecule has 0 saturated carbocycles. The van der Waals surface area contributed by atoms with Crippen LogP contribution >= 0.6 is 0 Å². The van der Waals surface area contributed by atoms with E-state index in [1.807, 2.05) is 0 Å². The minimum atomic E-state index is -0.0937. The van der Waals surface area contributed by atoms with E-state index in [1.165, 1.54) is 44.9 Å². The van der Waals surface area contributed by atoms with E-state index in [0.717, 1.165) is 6.42 Å². The summed E-state index contributed by atoms with van der Waals surface area (Å²) in [6.45, 7) is 4.33. The maximum atomic E-state index is 11.2. The minimum absolute atomic E-state index is 0.0852. The summed E-state index contributed by atoms with van der Waals surface area (Å²) in [5.41, 5.74) is -0.0937. The fourth-order valence-electron chi connectivity index (χ4n) is 1.96. The van der Waals surface area contributed by atoms with Gasteiger partial charge in [-0.05, 0) is 13.3 Å². The van der Waals surface area contributed by atoms with Crippen molar-refractivity contribution >= 4 is 13.9 Å². The molecule has 4 heteroatoms. The van der Waals surface area contributed by atoms with E-state index >= 15 is 0 Å². The number of unbranched alkanes of at least 4 members (excludes halogenated alkanes) is 6. The zero-order chi connectivity index (χ0) is 13.1. The van der Waals surface area contributed by atoms with Crippen molar-refractivity contribution in [2.24, 2.45) is 0 Å². The average Bonchev–Trinajstić information content (AvgIpc) is 2.27. The van der Waals surface area contributed by atoms with Gasteiger partial charge in [-0.25, -0.2) is 4.79 Å². The van der Waals surface area contributed by atoms with Gasteiger partial charge in [0.15, 0.2) is 0 Å². The van der Waals surface area contributed by atoms with Crippen molar-refractivity contribution in [3.63, 3.8) is 0 Å². The first-order valence-electron chi connectivity index (χ1n) is 7.01. The Morgan fingerprint density at radius 1 is 1.12 bits per heavy atom. The van der Waals surface area contributed by atoms with Gasteiger partial charge in [0.2, 0.25) is 0 Å². The summed E-state index contributed by atoms with van der Waals surface area (Å²) >= 11 is 0. The first-order chi connectivity index (χ1) is 8.02. The number of hydrogen-bond donors (Lipinski definition) is 2. The fourth-order valence-corrected chi connectivity index (χ4v) is 1.96. The van der Waals surface area contributed by atoms with Gasteiger partial charge in [0.05, 0.1) is 0 Å². The Morgan fingerprint density at radius 3 is 2.18 bits per heavy atom. The standard InChI is InChI=1S/C13H29BN2O/c1-4-5-6-7-8-9-10-11-13(2,14)16-12(17)15-3/h4-11,14H2,1-3H3,(H2,15,16,17). The molecule has 0 aromatic carbocycles. The Balaban J connectivity index is 3.48. The van der Waals surface area contributed by atoms with Gasteiger partial charge >= 0.3 is 6.03 Å². The van der Waals surface area contributed by atoms with Gasteiger partial charge in [-0.3, -0.25) is 0 Å². The van der Waals surface area contributed by atoms with Crippen LogP contribution in [-0.4, -0.2) is 26.4 Å². The lowest BCUT2D eigenvalue weighted by molar-refractivity contribution is 0.236. The van der Waals surface area contributed by atoms with Crippen LogP contribution in [0, 0.1) is 0 Å². The molecule has 0 spiro atoms. The van der Waals surface area contributed by atoms with Crippen LogP contribution in [0.3, 0.4) is 0 Å². The maximum absolute atomic E-state index is 11.2. The van der Waals surface area contributed by atoms with Crippen molar-refractivity contribution in [1.82, 2.24) is 10.6 Å². The molecule has 0 aliphatic carbocycles. The van der Waals surface area contributed by atoms with Gasteiger partial charge in [0, 0.05) is 12.5 Å². The second kappa shape index (κ2) is 9.37. The summed E-state index contributed by atoms with van der Waals surface area (Å²) in [6, 6.07) is -0.0852. The van der Waals surface area contributed by atoms with Crippen LogP contribution in [0.1, 0.15) is 65.2 Å². The van der Waals surface area contributed by atoms with E-state index in [0.29, 0.717) is 0 Å². The molecular formula is C13H29BN2O. The fraction of sp³-hybridized carbons (Fsp3) is 0.923. The average molecular weight is 240 g/mol. The van der Waals surface area contributed by atoms with Crippen molar-refractivity contribution in [2.75, 3.05) is 7.05 Å². The number of nitrogens with one attached hydrogen (secondary N) is 2. The van der Waals surface area contributed by atoms with Crippen LogP contribution < -0.4 is 10.6 Å². The van der Waals surface area contributed by atoms with Crippen LogP contribution in [0.25, 0.3) is 0 Å². The van der Waals surface area contributed by atoms with E-state index in [9.17, 15) is 4.79 Å². The van der Waals surface area contributed by atoms with Gasteiger partial charge < -0.3 is 10.6 Å². The smallest absolute Gasteiger partial charge is 0.314 e. The van der Waals surface area contributed by atoms with Crippen LogP contribution in [0.5, 0.6) is 0 Å². The first kappa shape index (κ1) is 16.3. The van der Waals surface area contributed by atoms with Gasteiger partial charge in [-0.1, -0.05) is 51.9 Å². The number of amides is 2. The molecule has 100 valence electrons. The molecule has 0 aliphatic heterocycles. The molecule has 0 rings (SSSR count). The maximum Gasteiger partial charge on any atom is 0.314 e. The molecule has 0 radical (unpaired) electrons. The highest BCUT2D eigenvalue weighted by atomic mass is 16.2. The van der Waals surface area contributed by atoms with E-state index in [-0.39, 0.29) is 11.5 Å². The summed E-state index contributed by atoms with van der Waals surface area (Å²) in [7, 11) is 3.73. The van der Waals surface area contributed by atoms with E-state index < -0.39 is 0 Å². The van der Waals surface area contributed by atoms with E-state index in [1.54, 1.807) is 7.05 Å². The molecule has 0 saturated heterocycles. The van der Waals surface area contributed by atoms with E-state index in [2.05, 4.69) is 32.3 Å². The number of rotatable bonds is 9. The summed E-state index contributed by atoms with van der Waals surface area (Å²) < 4.78 is 0. The summed E-state index contributed by atoms with van der Waals surface area (Å²) in [5, 5.41) is 5.56. The van der Waals surface area contributed by atoms with Crippen LogP contribution in [0.2, 0.25) is 0 Å². The number of carbonyl (C=O) groups is 1. The van der Waals surface area contributed by atoms with Crippen LogP contribution in [-0.2, 0) is 0 Å². The van der Waals surface area contributed by atoms with Gasteiger partial charge in [0.1, 0.15) is 7.85 Å².